The standard InChI is InChI=1S/C15H21N3O2/c1-10-7-8-12(14(19)16-10)17-15(20)13-6-2-4-11-5-3-9-18(11)13/h7-8,11,13H,2-6,9H2,1H3,(H,16,19)(H,17,20). The van der Waals surface area contributed by atoms with Gasteiger partial charge in [0.2, 0.25) is 5.91 Å². The van der Waals surface area contributed by atoms with Gasteiger partial charge in [0.15, 0.2) is 0 Å². The van der Waals surface area contributed by atoms with Gasteiger partial charge in [-0.1, -0.05) is 0 Å². The summed E-state index contributed by atoms with van der Waals surface area (Å²) in [5.41, 5.74) is 0.916. The number of rotatable bonds is 2. The third kappa shape index (κ3) is 2.50. The molecule has 2 atom stereocenters. The topological polar surface area (TPSA) is 65.2 Å². The highest BCUT2D eigenvalue weighted by Crippen LogP contribution is 2.31. The summed E-state index contributed by atoms with van der Waals surface area (Å²) in [6.45, 7) is 2.83. The van der Waals surface area contributed by atoms with Crippen molar-refractivity contribution in [1.82, 2.24) is 9.88 Å². The molecule has 2 N–H and O–H groups in total. The van der Waals surface area contributed by atoms with E-state index in [0.29, 0.717) is 11.7 Å². The fraction of sp³-hybridized carbons (Fsp3) is 0.600. The molecule has 3 rings (SSSR count). The van der Waals surface area contributed by atoms with Gasteiger partial charge in [-0.25, -0.2) is 0 Å². The summed E-state index contributed by atoms with van der Waals surface area (Å²) in [4.78, 5) is 29.3. The van der Waals surface area contributed by atoms with Crippen LogP contribution in [0.5, 0.6) is 0 Å². The second-order valence-corrected chi connectivity index (χ2v) is 5.85. The van der Waals surface area contributed by atoms with Crippen molar-refractivity contribution in [1.29, 1.82) is 0 Å². The van der Waals surface area contributed by atoms with Crippen LogP contribution < -0.4 is 10.9 Å². The third-order valence-electron chi connectivity index (χ3n) is 4.45. The lowest BCUT2D eigenvalue weighted by molar-refractivity contribution is -0.123. The normalized spacial score (nSPS) is 26.2. The predicted octanol–water partition coefficient (Wildman–Crippen LogP) is 1.64. The van der Waals surface area contributed by atoms with Gasteiger partial charge in [0, 0.05) is 11.7 Å². The average Bonchev–Trinajstić information content (AvgIpc) is 2.90. The summed E-state index contributed by atoms with van der Waals surface area (Å²) in [6, 6.07) is 3.97. The maximum Gasteiger partial charge on any atom is 0.271 e. The Labute approximate surface area is 118 Å². The molecule has 0 saturated carbocycles. The van der Waals surface area contributed by atoms with Crippen molar-refractivity contribution in [2.45, 2.75) is 51.1 Å². The van der Waals surface area contributed by atoms with Gasteiger partial charge in [0.25, 0.3) is 5.56 Å². The number of carbonyl (C=O) groups excluding carboxylic acids is 1. The van der Waals surface area contributed by atoms with E-state index in [-0.39, 0.29) is 17.5 Å². The summed E-state index contributed by atoms with van der Waals surface area (Å²) < 4.78 is 0. The summed E-state index contributed by atoms with van der Waals surface area (Å²) in [7, 11) is 0. The van der Waals surface area contributed by atoms with Crippen LogP contribution in [0.4, 0.5) is 5.69 Å². The number of anilines is 1. The molecular weight excluding hydrogens is 254 g/mol. The number of aromatic nitrogens is 1. The molecule has 2 aliphatic rings. The van der Waals surface area contributed by atoms with E-state index in [0.717, 1.165) is 25.1 Å². The molecule has 2 saturated heterocycles. The Bertz CT molecular complexity index is 566. The van der Waals surface area contributed by atoms with Crippen LogP contribution in [0.3, 0.4) is 0 Å². The summed E-state index contributed by atoms with van der Waals surface area (Å²) in [5, 5.41) is 2.80. The van der Waals surface area contributed by atoms with Crippen LogP contribution in [0.2, 0.25) is 0 Å². The number of carbonyl (C=O) groups is 1. The largest absolute Gasteiger partial charge is 0.325 e. The van der Waals surface area contributed by atoms with Crippen LogP contribution in [0.1, 0.15) is 37.8 Å². The van der Waals surface area contributed by atoms with Crippen molar-refractivity contribution in [2.75, 3.05) is 11.9 Å². The third-order valence-corrected chi connectivity index (χ3v) is 4.45. The number of H-pyrrole nitrogens is 1. The Kier molecular flexibility index (Phi) is 3.61. The molecule has 1 aromatic heterocycles. The van der Waals surface area contributed by atoms with E-state index in [1.165, 1.54) is 19.3 Å². The molecule has 108 valence electrons. The molecule has 2 aliphatic heterocycles. The predicted molar refractivity (Wildman–Crippen MR) is 77.8 cm³/mol. The van der Waals surface area contributed by atoms with E-state index < -0.39 is 0 Å². The van der Waals surface area contributed by atoms with E-state index in [1.54, 1.807) is 12.1 Å². The number of hydrogen-bond donors (Lipinski definition) is 2. The molecule has 5 nitrogen and oxygen atoms in total. The van der Waals surface area contributed by atoms with Gasteiger partial charge in [0.05, 0.1) is 6.04 Å². The zero-order valence-corrected chi connectivity index (χ0v) is 11.8. The first-order valence-corrected chi connectivity index (χ1v) is 7.41. The average molecular weight is 275 g/mol. The van der Waals surface area contributed by atoms with Crippen molar-refractivity contribution >= 4 is 11.6 Å². The maximum atomic E-state index is 12.4. The number of amides is 1. The van der Waals surface area contributed by atoms with Crippen LogP contribution in [0, 0.1) is 6.92 Å². The Morgan fingerprint density at radius 1 is 1.30 bits per heavy atom. The molecule has 0 aliphatic carbocycles. The minimum atomic E-state index is -0.230. The minimum Gasteiger partial charge on any atom is -0.325 e. The van der Waals surface area contributed by atoms with Crippen LogP contribution in [-0.2, 0) is 4.79 Å². The van der Waals surface area contributed by atoms with Crippen molar-refractivity contribution in [3.63, 3.8) is 0 Å². The molecule has 1 amide bonds. The van der Waals surface area contributed by atoms with Gasteiger partial charge in [-0.2, -0.15) is 0 Å². The van der Waals surface area contributed by atoms with Gasteiger partial charge in [0.1, 0.15) is 5.69 Å². The zero-order valence-electron chi connectivity index (χ0n) is 11.8. The Balaban J connectivity index is 1.74. The molecule has 0 aromatic carbocycles. The fourth-order valence-electron chi connectivity index (χ4n) is 3.46. The van der Waals surface area contributed by atoms with Crippen molar-refractivity contribution < 1.29 is 4.79 Å². The van der Waals surface area contributed by atoms with Gasteiger partial charge in [-0.05, 0) is 57.7 Å². The Morgan fingerprint density at radius 2 is 2.10 bits per heavy atom. The molecule has 0 bridgehead atoms. The monoisotopic (exact) mass is 275 g/mol. The first-order chi connectivity index (χ1) is 9.65. The molecular formula is C15H21N3O2. The SMILES string of the molecule is Cc1ccc(NC(=O)C2CCCC3CCCN32)c(=O)[nH]1. The first-order valence-electron chi connectivity index (χ1n) is 7.41. The van der Waals surface area contributed by atoms with Crippen LogP contribution in [0.25, 0.3) is 0 Å². The second-order valence-electron chi connectivity index (χ2n) is 5.85. The second kappa shape index (κ2) is 5.40. The van der Waals surface area contributed by atoms with Gasteiger partial charge in [-0.15, -0.1) is 0 Å². The number of nitrogens with zero attached hydrogens (tertiary/aromatic N) is 1. The first kappa shape index (κ1) is 13.4. The highest BCUT2D eigenvalue weighted by molar-refractivity contribution is 5.94. The van der Waals surface area contributed by atoms with E-state index in [4.69, 9.17) is 0 Å². The van der Waals surface area contributed by atoms with E-state index in [2.05, 4.69) is 15.2 Å². The van der Waals surface area contributed by atoms with E-state index in [1.807, 2.05) is 6.92 Å². The number of pyridine rings is 1. The van der Waals surface area contributed by atoms with Crippen LogP contribution >= 0.6 is 0 Å². The number of fused-ring (bicyclic) bond motifs is 1. The van der Waals surface area contributed by atoms with Crippen molar-refractivity contribution in [3.05, 3.63) is 28.2 Å². The molecule has 0 spiro atoms. The lowest BCUT2D eigenvalue weighted by Crippen LogP contribution is -2.49. The summed E-state index contributed by atoms with van der Waals surface area (Å²) in [5.74, 6) is -0.0362. The molecule has 0 radical (unpaired) electrons. The molecule has 2 unspecified atom stereocenters. The maximum absolute atomic E-state index is 12.4. The van der Waals surface area contributed by atoms with Crippen molar-refractivity contribution in [3.8, 4) is 0 Å². The van der Waals surface area contributed by atoms with Gasteiger partial charge >= 0.3 is 0 Å². The fourth-order valence-corrected chi connectivity index (χ4v) is 3.46. The number of aromatic amines is 1. The lowest BCUT2D eigenvalue weighted by atomic mass is 9.96. The molecule has 3 heterocycles. The number of piperidine rings is 1. The smallest absolute Gasteiger partial charge is 0.271 e. The molecule has 2 fully saturated rings. The lowest BCUT2D eigenvalue weighted by Gasteiger charge is -2.36. The van der Waals surface area contributed by atoms with E-state index in [9.17, 15) is 9.59 Å². The number of nitrogens with one attached hydrogen (secondary N) is 2. The minimum absolute atomic E-state index is 0.0362. The van der Waals surface area contributed by atoms with Crippen LogP contribution in [-0.4, -0.2) is 34.4 Å². The zero-order chi connectivity index (χ0) is 14.1. The molecule has 20 heavy (non-hydrogen) atoms. The van der Waals surface area contributed by atoms with E-state index >= 15 is 0 Å². The van der Waals surface area contributed by atoms with Crippen LogP contribution in [0.15, 0.2) is 16.9 Å². The Morgan fingerprint density at radius 3 is 2.90 bits per heavy atom. The summed E-state index contributed by atoms with van der Waals surface area (Å²) >= 11 is 0. The Hall–Kier alpha value is -1.62. The van der Waals surface area contributed by atoms with Crippen molar-refractivity contribution in [2.24, 2.45) is 0 Å². The van der Waals surface area contributed by atoms with Gasteiger partial charge in [-0.3, -0.25) is 14.5 Å². The highest BCUT2D eigenvalue weighted by atomic mass is 16.2. The molecule has 5 heteroatoms. The summed E-state index contributed by atoms with van der Waals surface area (Å²) in [6.07, 6.45) is 5.58. The number of hydrogen-bond acceptors (Lipinski definition) is 3. The van der Waals surface area contributed by atoms with Gasteiger partial charge < -0.3 is 10.3 Å². The quantitative estimate of drug-likeness (QED) is 0.862. The number of aryl methyl sites for hydroxylation is 1. The molecule has 1 aromatic rings. The highest BCUT2D eigenvalue weighted by Gasteiger charge is 2.37.